The fraction of sp³-hybridized carbons (Fsp3) is 0.120. The standard InChI is InChI=1S/C25H20BrClN2O3/c1-16-6-8-17(9-7-16)15-32-24-13-22(26)18(11-23(24)31-2)10-19(14-28)25(30)29-21-5-3-4-20(27)12-21/h3-13H,15H2,1-2H3,(H,29,30). The number of ether oxygens (including phenoxy) is 2. The van der Waals surface area contributed by atoms with Crippen molar-refractivity contribution in [1.82, 2.24) is 0 Å². The number of halogens is 2. The zero-order chi connectivity index (χ0) is 23.1. The second kappa shape index (κ2) is 10.9. The van der Waals surface area contributed by atoms with Crippen molar-refractivity contribution in [2.24, 2.45) is 0 Å². The SMILES string of the molecule is COc1cc(C=C(C#N)C(=O)Nc2cccc(Cl)c2)c(Br)cc1OCc1ccc(C)cc1. The fourth-order valence-corrected chi connectivity index (χ4v) is 3.48. The number of benzene rings is 3. The minimum absolute atomic E-state index is 0.0685. The average Bonchev–Trinajstić information content (AvgIpc) is 2.78. The lowest BCUT2D eigenvalue weighted by molar-refractivity contribution is -0.112. The van der Waals surface area contributed by atoms with Gasteiger partial charge in [-0.1, -0.05) is 63.4 Å². The predicted octanol–water partition coefficient (Wildman–Crippen LogP) is 6.54. The Kier molecular flexibility index (Phi) is 7.93. The first-order chi connectivity index (χ1) is 15.4. The molecule has 1 N–H and O–H groups in total. The van der Waals surface area contributed by atoms with Crippen LogP contribution in [-0.4, -0.2) is 13.0 Å². The summed E-state index contributed by atoms with van der Waals surface area (Å²) in [5.41, 5.74) is 3.24. The first kappa shape index (κ1) is 23.4. The van der Waals surface area contributed by atoms with E-state index in [0.29, 0.717) is 38.9 Å². The van der Waals surface area contributed by atoms with Gasteiger partial charge in [-0.15, -0.1) is 0 Å². The molecule has 0 spiro atoms. The number of nitrogens with one attached hydrogen (secondary N) is 1. The van der Waals surface area contributed by atoms with Crippen molar-refractivity contribution < 1.29 is 14.3 Å². The molecule has 0 aliphatic heterocycles. The van der Waals surface area contributed by atoms with Crippen LogP contribution >= 0.6 is 27.5 Å². The minimum Gasteiger partial charge on any atom is -0.493 e. The molecule has 0 aliphatic carbocycles. The highest BCUT2D eigenvalue weighted by molar-refractivity contribution is 9.10. The second-order valence-electron chi connectivity index (χ2n) is 6.93. The van der Waals surface area contributed by atoms with Crippen LogP contribution in [0.25, 0.3) is 6.08 Å². The van der Waals surface area contributed by atoms with Gasteiger partial charge in [0.05, 0.1) is 7.11 Å². The number of carbonyl (C=O) groups excluding carboxylic acids is 1. The van der Waals surface area contributed by atoms with E-state index in [1.807, 2.05) is 37.3 Å². The maximum atomic E-state index is 12.6. The third kappa shape index (κ3) is 6.13. The van der Waals surface area contributed by atoms with E-state index in [1.54, 1.807) is 36.4 Å². The van der Waals surface area contributed by atoms with Gasteiger partial charge < -0.3 is 14.8 Å². The summed E-state index contributed by atoms with van der Waals surface area (Å²) in [6, 6.07) is 20.2. The van der Waals surface area contributed by atoms with E-state index in [1.165, 1.54) is 18.7 Å². The average molecular weight is 512 g/mol. The summed E-state index contributed by atoms with van der Waals surface area (Å²) >= 11 is 9.44. The van der Waals surface area contributed by atoms with Crippen molar-refractivity contribution in [2.75, 3.05) is 12.4 Å². The molecule has 0 atom stereocenters. The Morgan fingerprint density at radius 1 is 1.16 bits per heavy atom. The lowest BCUT2D eigenvalue weighted by Gasteiger charge is -2.13. The molecule has 162 valence electrons. The Bertz CT molecular complexity index is 1200. The normalized spacial score (nSPS) is 10.9. The van der Waals surface area contributed by atoms with E-state index in [2.05, 4.69) is 21.2 Å². The van der Waals surface area contributed by atoms with Crippen molar-refractivity contribution in [1.29, 1.82) is 5.26 Å². The highest BCUT2D eigenvalue weighted by Crippen LogP contribution is 2.35. The Morgan fingerprint density at radius 2 is 1.91 bits per heavy atom. The van der Waals surface area contributed by atoms with Crippen LogP contribution in [0.3, 0.4) is 0 Å². The molecule has 0 radical (unpaired) electrons. The lowest BCUT2D eigenvalue weighted by Crippen LogP contribution is -2.13. The third-order valence-electron chi connectivity index (χ3n) is 4.55. The van der Waals surface area contributed by atoms with Gasteiger partial charge in [0, 0.05) is 15.2 Å². The van der Waals surface area contributed by atoms with Crippen LogP contribution in [0.4, 0.5) is 5.69 Å². The Balaban J connectivity index is 1.81. The fourth-order valence-electron chi connectivity index (χ4n) is 2.85. The summed E-state index contributed by atoms with van der Waals surface area (Å²) in [5.74, 6) is 0.485. The van der Waals surface area contributed by atoms with Gasteiger partial charge in [0.1, 0.15) is 18.2 Å². The van der Waals surface area contributed by atoms with Gasteiger partial charge in [-0.05, 0) is 54.5 Å². The number of nitriles is 1. The van der Waals surface area contributed by atoms with Crippen LogP contribution in [0, 0.1) is 18.3 Å². The van der Waals surface area contributed by atoms with E-state index in [0.717, 1.165) is 5.56 Å². The molecule has 0 aliphatic rings. The zero-order valence-electron chi connectivity index (χ0n) is 17.5. The number of nitrogens with zero attached hydrogens (tertiary/aromatic N) is 1. The van der Waals surface area contributed by atoms with Crippen molar-refractivity contribution >= 4 is 45.2 Å². The highest BCUT2D eigenvalue weighted by atomic mass is 79.9. The van der Waals surface area contributed by atoms with Crippen molar-refractivity contribution in [2.45, 2.75) is 13.5 Å². The molecule has 0 fully saturated rings. The van der Waals surface area contributed by atoms with Crippen LogP contribution in [0.1, 0.15) is 16.7 Å². The van der Waals surface area contributed by atoms with E-state index in [4.69, 9.17) is 21.1 Å². The van der Waals surface area contributed by atoms with Gasteiger partial charge in [0.25, 0.3) is 5.91 Å². The van der Waals surface area contributed by atoms with E-state index in [-0.39, 0.29) is 5.57 Å². The van der Waals surface area contributed by atoms with Gasteiger partial charge >= 0.3 is 0 Å². The molecule has 7 heteroatoms. The topological polar surface area (TPSA) is 71.3 Å². The zero-order valence-corrected chi connectivity index (χ0v) is 19.8. The number of carbonyl (C=O) groups is 1. The molecular weight excluding hydrogens is 492 g/mol. The molecule has 5 nitrogen and oxygen atoms in total. The number of hydrogen-bond donors (Lipinski definition) is 1. The summed E-state index contributed by atoms with van der Waals surface area (Å²) in [6.45, 7) is 2.41. The molecule has 0 saturated carbocycles. The van der Waals surface area contributed by atoms with Crippen molar-refractivity contribution in [3.05, 3.63) is 92.4 Å². The number of hydrogen-bond acceptors (Lipinski definition) is 4. The smallest absolute Gasteiger partial charge is 0.266 e. The van der Waals surface area contributed by atoms with Crippen LogP contribution in [0.2, 0.25) is 5.02 Å². The number of anilines is 1. The molecule has 0 heterocycles. The van der Waals surface area contributed by atoms with E-state index in [9.17, 15) is 10.1 Å². The monoisotopic (exact) mass is 510 g/mol. The first-order valence-corrected chi connectivity index (χ1v) is 10.8. The summed E-state index contributed by atoms with van der Waals surface area (Å²) in [6.07, 6.45) is 1.48. The van der Waals surface area contributed by atoms with Gasteiger partial charge in [-0.25, -0.2) is 0 Å². The summed E-state index contributed by atoms with van der Waals surface area (Å²) < 4.78 is 12.0. The first-order valence-electron chi connectivity index (χ1n) is 9.64. The van der Waals surface area contributed by atoms with Crippen LogP contribution in [0.5, 0.6) is 11.5 Å². The Hall–Kier alpha value is -3.27. The lowest BCUT2D eigenvalue weighted by atomic mass is 10.1. The predicted molar refractivity (Wildman–Crippen MR) is 130 cm³/mol. The molecule has 3 rings (SSSR count). The van der Waals surface area contributed by atoms with Gasteiger partial charge in [0.15, 0.2) is 11.5 Å². The Morgan fingerprint density at radius 3 is 2.56 bits per heavy atom. The van der Waals surface area contributed by atoms with Crippen LogP contribution in [-0.2, 0) is 11.4 Å². The van der Waals surface area contributed by atoms with Gasteiger partial charge in [-0.3, -0.25) is 4.79 Å². The van der Waals surface area contributed by atoms with Crippen molar-refractivity contribution in [3.8, 4) is 17.6 Å². The number of aryl methyl sites for hydroxylation is 1. The van der Waals surface area contributed by atoms with Crippen LogP contribution < -0.4 is 14.8 Å². The maximum absolute atomic E-state index is 12.6. The molecule has 0 bridgehead atoms. The third-order valence-corrected chi connectivity index (χ3v) is 5.47. The number of methoxy groups -OCH3 is 1. The summed E-state index contributed by atoms with van der Waals surface area (Å²) in [7, 11) is 1.53. The Labute approximate surface area is 200 Å². The quantitative estimate of drug-likeness (QED) is 0.289. The highest BCUT2D eigenvalue weighted by Gasteiger charge is 2.14. The molecule has 0 unspecified atom stereocenters. The summed E-state index contributed by atoms with van der Waals surface area (Å²) in [5, 5.41) is 12.7. The van der Waals surface area contributed by atoms with Gasteiger partial charge in [-0.2, -0.15) is 5.26 Å². The molecule has 1 amide bonds. The van der Waals surface area contributed by atoms with Crippen LogP contribution in [0.15, 0.2) is 70.7 Å². The minimum atomic E-state index is -0.541. The number of amides is 1. The molecule has 32 heavy (non-hydrogen) atoms. The van der Waals surface area contributed by atoms with E-state index < -0.39 is 5.91 Å². The largest absolute Gasteiger partial charge is 0.493 e. The van der Waals surface area contributed by atoms with Gasteiger partial charge in [0.2, 0.25) is 0 Å². The molecule has 0 saturated heterocycles. The summed E-state index contributed by atoms with van der Waals surface area (Å²) in [4.78, 5) is 12.6. The molecular formula is C25H20BrClN2O3. The maximum Gasteiger partial charge on any atom is 0.266 e. The second-order valence-corrected chi connectivity index (χ2v) is 8.22. The number of rotatable bonds is 7. The van der Waals surface area contributed by atoms with Crippen molar-refractivity contribution in [3.63, 3.8) is 0 Å². The molecule has 3 aromatic rings. The molecule has 0 aromatic heterocycles. The molecule has 3 aromatic carbocycles. The van der Waals surface area contributed by atoms with E-state index >= 15 is 0 Å².